The van der Waals surface area contributed by atoms with Crippen LogP contribution in [0, 0.1) is 6.92 Å². The van der Waals surface area contributed by atoms with E-state index in [1.165, 1.54) is 0 Å². The Balaban J connectivity index is 2.07. The Labute approximate surface area is 163 Å². The topological polar surface area (TPSA) is 73.5 Å². The molecule has 3 rings (SSSR count). The van der Waals surface area contributed by atoms with Crippen molar-refractivity contribution in [3.05, 3.63) is 34.5 Å². The Morgan fingerprint density at radius 2 is 2.19 bits per heavy atom. The first-order valence-electron chi connectivity index (χ1n) is 8.41. The molecule has 2 heterocycles. The highest BCUT2D eigenvalue weighted by atomic mass is 35.5. The average Bonchev–Trinajstić information content (AvgIpc) is 2.86. The lowest BCUT2D eigenvalue weighted by Gasteiger charge is -2.32. The van der Waals surface area contributed by atoms with Gasteiger partial charge in [0.05, 0.1) is 29.7 Å². The number of thioether (sulfide) groups is 1. The zero-order chi connectivity index (χ0) is 18.7. The minimum absolute atomic E-state index is 0.0801. The molecule has 1 aliphatic heterocycles. The highest BCUT2D eigenvalue weighted by Gasteiger charge is 2.28. The van der Waals surface area contributed by atoms with Crippen LogP contribution in [0.1, 0.15) is 23.7 Å². The van der Waals surface area contributed by atoms with Crippen molar-refractivity contribution in [3.8, 4) is 5.75 Å². The molecule has 1 fully saturated rings. The number of methoxy groups -OCH3 is 1. The molecule has 0 saturated carbocycles. The molecular formula is C18H23ClN4O2S. The number of halogens is 1. The third kappa shape index (κ3) is 3.84. The number of nitrogens with zero attached hydrogens (tertiary/aromatic N) is 3. The molecule has 140 valence electrons. The van der Waals surface area contributed by atoms with Crippen LogP contribution in [-0.2, 0) is 4.74 Å². The molecule has 1 aliphatic rings. The fourth-order valence-electron chi connectivity index (χ4n) is 3.19. The largest absolute Gasteiger partial charge is 0.494 e. The Morgan fingerprint density at radius 1 is 1.38 bits per heavy atom. The molecule has 1 saturated heterocycles. The second kappa shape index (κ2) is 8.33. The first-order valence-corrected chi connectivity index (χ1v) is 10.0. The third-order valence-corrected chi connectivity index (χ3v) is 5.52. The lowest BCUT2D eigenvalue weighted by atomic mass is 10.0. The molecular weight excluding hydrogens is 372 g/mol. The van der Waals surface area contributed by atoms with Gasteiger partial charge in [-0.15, -0.1) is 11.8 Å². The van der Waals surface area contributed by atoms with Gasteiger partial charge >= 0.3 is 0 Å². The van der Waals surface area contributed by atoms with Gasteiger partial charge in [-0.25, -0.2) is 4.98 Å². The summed E-state index contributed by atoms with van der Waals surface area (Å²) in [6.07, 6.45) is 2.90. The van der Waals surface area contributed by atoms with Crippen molar-refractivity contribution in [2.24, 2.45) is 0 Å². The smallest absolute Gasteiger partial charge is 0.222 e. The molecule has 2 N–H and O–H groups in total. The Morgan fingerprint density at radius 3 is 2.88 bits per heavy atom. The summed E-state index contributed by atoms with van der Waals surface area (Å²) in [4.78, 5) is 11.8. The zero-order valence-electron chi connectivity index (χ0n) is 15.2. The van der Waals surface area contributed by atoms with E-state index in [4.69, 9.17) is 26.8 Å². The number of anilines is 2. The van der Waals surface area contributed by atoms with Gasteiger partial charge in [-0.3, -0.25) is 0 Å². The quantitative estimate of drug-likeness (QED) is 0.792. The van der Waals surface area contributed by atoms with Crippen LogP contribution in [0.25, 0.3) is 0 Å². The summed E-state index contributed by atoms with van der Waals surface area (Å²) in [7, 11) is 1.64. The molecule has 1 atom stereocenters. The number of ether oxygens (including phenoxy) is 2. The number of nitrogens with two attached hydrogens (primary N) is 1. The second-order valence-electron chi connectivity index (χ2n) is 6.07. The standard InChI is InChI=1S/C18H23ClN4O2S/c1-11-9-15(22-18(20)21-11)23-7-4-8-25-10-13(23)12-5-6-14(26-3)17(24-2)16(12)19/h5-6,9,13H,4,7-8,10H2,1-3H3,(H2,20,21,22)/t13-/m1/s1. The normalized spacial score (nSPS) is 17.8. The number of aromatic nitrogens is 2. The lowest BCUT2D eigenvalue weighted by molar-refractivity contribution is 0.134. The van der Waals surface area contributed by atoms with E-state index in [1.54, 1.807) is 18.9 Å². The number of hydrogen-bond donors (Lipinski definition) is 1. The van der Waals surface area contributed by atoms with Gasteiger partial charge in [-0.1, -0.05) is 17.7 Å². The van der Waals surface area contributed by atoms with E-state index in [-0.39, 0.29) is 12.0 Å². The number of rotatable bonds is 4. The summed E-state index contributed by atoms with van der Waals surface area (Å²) in [5.74, 6) is 1.75. The first-order chi connectivity index (χ1) is 12.5. The van der Waals surface area contributed by atoms with Crippen LogP contribution >= 0.6 is 23.4 Å². The SMILES string of the molecule is COc1c(SC)ccc([C@H]2COCCCN2c2cc(C)nc(N)n2)c1Cl. The molecule has 1 aromatic carbocycles. The van der Waals surface area contributed by atoms with Crippen molar-refractivity contribution in [2.45, 2.75) is 24.3 Å². The van der Waals surface area contributed by atoms with E-state index in [0.29, 0.717) is 24.0 Å². The fourth-order valence-corrected chi connectivity index (χ4v) is 4.19. The van der Waals surface area contributed by atoms with Gasteiger partial charge in [-0.05, 0) is 31.2 Å². The van der Waals surface area contributed by atoms with Crippen LogP contribution in [0.2, 0.25) is 5.02 Å². The van der Waals surface area contributed by atoms with Gasteiger partial charge < -0.3 is 20.1 Å². The summed E-state index contributed by atoms with van der Waals surface area (Å²) in [6.45, 7) is 3.92. The Kier molecular flexibility index (Phi) is 6.11. The summed E-state index contributed by atoms with van der Waals surface area (Å²) in [6, 6.07) is 5.94. The average molecular weight is 395 g/mol. The monoisotopic (exact) mass is 394 g/mol. The van der Waals surface area contributed by atoms with E-state index in [2.05, 4.69) is 14.9 Å². The predicted molar refractivity (Wildman–Crippen MR) is 106 cm³/mol. The van der Waals surface area contributed by atoms with Crippen molar-refractivity contribution in [1.82, 2.24) is 9.97 Å². The van der Waals surface area contributed by atoms with Gasteiger partial charge in [0.15, 0.2) is 5.75 Å². The highest BCUT2D eigenvalue weighted by Crippen LogP contribution is 2.41. The van der Waals surface area contributed by atoms with Crippen LogP contribution in [0.15, 0.2) is 23.1 Å². The van der Waals surface area contributed by atoms with Crippen LogP contribution < -0.4 is 15.4 Å². The van der Waals surface area contributed by atoms with E-state index >= 15 is 0 Å². The zero-order valence-corrected chi connectivity index (χ0v) is 16.7. The molecule has 8 heteroatoms. The number of nitrogen functional groups attached to an aromatic ring is 1. The molecule has 1 aromatic heterocycles. The Bertz CT molecular complexity index is 770. The minimum atomic E-state index is -0.0801. The summed E-state index contributed by atoms with van der Waals surface area (Å²) >= 11 is 8.32. The van der Waals surface area contributed by atoms with Crippen LogP contribution in [-0.4, -0.2) is 43.1 Å². The molecule has 0 radical (unpaired) electrons. The van der Waals surface area contributed by atoms with Crippen LogP contribution in [0.3, 0.4) is 0 Å². The molecule has 26 heavy (non-hydrogen) atoms. The molecule has 0 spiro atoms. The van der Waals surface area contributed by atoms with E-state index in [9.17, 15) is 0 Å². The number of benzene rings is 1. The maximum Gasteiger partial charge on any atom is 0.222 e. The Hall–Kier alpha value is -1.70. The van der Waals surface area contributed by atoms with Crippen LogP contribution in [0.4, 0.5) is 11.8 Å². The summed E-state index contributed by atoms with van der Waals surface area (Å²) < 4.78 is 11.4. The van der Waals surface area contributed by atoms with Crippen molar-refractivity contribution in [1.29, 1.82) is 0 Å². The molecule has 2 aromatic rings. The molecule has 0 aliphatic carbocycles. The number of hydrogen-bond acceptors (Lipinski definition) is 7. The second-order valence-corrected chi connectivity index (χ2v) is 7.29. The lowest BCUT2D eigenvalue weighted by Crippen LogP contribution is -2.32. The summed E-state index contributed by atoms with van der Waals surface area (Å²) in [5.41, 5.74) is 7.66. The van der Waals surface area contributed by atoms with Gasteiger partial charge in [0.2, 0.25) is 5.95 Å². The van der Waals surface area contributed by atoms with E-state index < -0.39 is 0 Å². The minimum Gasteiger partial charge on any atom is -0.494 e. The van der Waals surface area contributed by atoms with Crippen LogP contribution in [0.5, 0.6) is 5.75 Å². The molecule has 0 bridgehead atoms. The molecule has 0 amide bonds. The van der Waals surface area contributed by atoms with Gasteiger partial charge in [0.25, 0.3) is 0 Å². The van der Waals surface area contributed by atoms with Crippen molar-refractivity contribution in [2.75, 3.05) is 43.8 Å². The van der Waals surface area contributed by atoms with Crippen molar-refractivity contribution in [3.63, 3.8) is 0 Å². The van der Waals surface area contributed by atoms with Crippen molar-refractivity contribution < 1.29 is 9.47 Å². The van der Waals surface area contributed by atoms with Crippen molar-refractivity contribution >= 4 is 35.1 Å². The predicted octanol–water partition coefficient (Wildman–Crippen LogP) is 3.72. The van der Waals surface area contributed by atoms with Gasteiger partial charge in [-0.2, -0.15) is 4.98 Å². The van der Waals surface area contributed by atoms with E-state index in [0.717, 1.165) is 34.9 Å². The maximum absolute atomic E-state index is 6.72. The molecule has 0 unspecified atom stereocenters. The summed E-state index contributed by atoms with van der Waals surface area (Å²) in [5, 5.41) is 0.610. The third-order valence-electron chi connectivity index (χ3n) is 4.37. The maximum atomic E-state index is 6.72. The molecule has 6 nitrogen and oxygen atoms in total. The fraction of sp³-hybridized carbons (Fsp3) is 0.444. The first kappa shape index (κ1) is 19.1. The van der Waals surface area contributed by atoms with Gasteiger partial charge in [0, 0.05) is 24.9 Å². The van der Waals surface area contributed by atoms with E-state index in [1.807, 2.05) is 31.4 Å². The number of aryl methyl sites for hydroxylation is 1. The highest BCUT2D eigenvalue weighted by molar-refractivity contribution is 7.98. The van der Waals surface area contributed by atoms with Gasteiger partial charge in [0.1, 0.15) is 5.82 Å².